The largest absolute Gasteiger partial charge is 0.354 e. The number of anilines is 3. The Morgan fingerprint density at radius 3 is 2.35 bits per heavy atom. The summed E-state index contributed by atoms with van der Waals surface area (Å²) in [6, 6.07) is 13.3. The fraction of sp³-hybridized carbons (Fsp3) is 0.0714. The first-order valence-corrected chi connectivity index (χ1v) is 6.09. The Morgan fingerprint density at radius 1 is 1.00 bits per heavy atom. The summed E-state index contributed by atoms with van der Waals surface area (Å²) in [7, 11) is 0. The predicted octanol–water partition coefficient (Wildman–Crippen LogP) is 2.92. The minimum atomic E-state index is -0.168. The van der Waals surface area contributed by atoms with Crippen LogP contribution in [0, 0.1) is 0 Å². The van der Waals surface area contributed by atoms with Gasteiger partial charge in [0.1, 0.15) is 0 Å². The van der Waals surface area contributed by atoms with Crippen LogP contribution >= 0.6 is 0 Å². The molecule has 1 aromatic heterocycles. The lowest BCUT2D eigenvalue weighted by Gasteiger charge is -2.08. The number of para-hydroxylation sites is 1. The number of carbonyl (C=O) groups excluding carboxylic acids is 1. The van der Waals surface area contributed by atoms with Crippen molar-refractivity contribution in [2.45, 2.75) is 6.92 Å². The molecule has 20 heavy (non-hydrogen) atoms. The Labute approximate surface area is 114 Å². The van der Waals surface area contributed by atoms with E-state index in [-0.39, 0.29) is 5.91 Å². The Morgan fingerprint density at radius 2 is 1.65 bits per heavy atom. The van der Waals surface area contributed by atoms with Crippen molar-refractivity contribution >= 4 is 34.0 Å². The van der Waals surface area contributed by atoms with Gasteiger partial charge < -0.3 is 10.6 Å². The van der Waals surface area contributed by atoms with Gasteiger partial charge in [-0.2, -0.15) is 0 Å². The maximum Gasteiger partial charge on any atom is 0.221 e. The van der Waals surface area contributed by atoms with Gasteiger partial charge in [-0.05, 0) is 34.6 Å². The molecule has 0 unspecified atom stereocenters. The Kier molecular flexibility index (Phi) is 3.04. The van der Waals surface area contributed by atoms with E-state index in [2.05, 4.69) is 20.9 Å². The minimum absolute atomic E-state index is 0.168. The Bertz CT molecular complexity index is 752. The van der Waals surface area contributed by atoms with Crippen molar-refractivity contribution in [1.29, 1.82) is 0 Å². The van der Waals surface area contributed by atoms with Gasteiger partial charge in [-0.3, -0.25) is 4.79 Å². The molecule has 0 aliphatic rings. The quantitative estimate of drug-likeness (QED) is 0.763. The summed E-state index contributed by atoms with van der Waals surface area (Å²) in [5.74, 6) is -0.168. The number of amides is 1. The van der Waals surface area contributed by atoms with Gasteiger partial charge in [0.25, 0.3) is 0 Å². The summed E-state index contributed by atoms with van der Waals surface area (Å²) in [6.07, 6.45) is 0. The van der Waals surface area contributed by atoms with Crippen LogP contribution in [-0.2, 0) is 4.79 Å². The van der Waals surface area contributed by atoms with Gasteiger partial charge in [-0.25, -0.2) is 4.63 Å². The second kappa shape index (κ2) is 5.00. The molecule has 3 aromatic rings. The molecule has 3 rings (SSSR count). The normalized spacial score (nSPS) is 10.4. The predicted molar refractivity (Wildman–Crippen MR) is 75.8 cm³/mol. The van der Waals surface area contributed by atoms with Crippen molar-refractivity contribution in [1.82, 2.24) is 10.3 Å². The van der Waals surface area contributed by atoms with Gasteiger partial charge in [0.15, 0.2) is 11.0 Å². The summed E-state index contributed by atoms with van der Waals surface area (Å²) >= 11 is 0. The van der Waals surface area contributed by atoms with Crippen LogP contribution in [0.15, 0.2) is 47.1 Å². The summed E-state index contributed by atoms with van der Waals surface area (Å²) in [6.45, 7) is 1.44. The first-order chi connectivity index (χ1) is 9.74. The molecule has 0 bridgehead atoms. The van der Waals surface area contributed by atoms with Crippen molar-refractivity contribution in [3.05, 3.63) is 42.5 Å². The van der Waals surface area contributed by atoms with Crippen LogP contribution in [0.5, 0.6) is 0 Å². The molecular weight excluding hydrogens is 256 g/mol. The lowest BCUT2D eigenvalue weighted by molar-refractivity contribution is -0.114. The fourth-order valence-corrected chi connectivity index (χ4v) is 1.93. The molecule has 0 aliphatic carbocycles. The molecule has 0 aliphatic heterocycles. The number of aromatic nitrogens is 2. The zero-order valence-electron chi connectivity index (χ0n) is 10.8. The summed E-state index contributed by atoms with van der Waals surface area (Å²) in [5.41, 5.74) is 3.36. The van der Waals surface area contributed by atoms with Crippen LogP contribution in [0.4, 0.5) is 17.1 Å². The molecule has 0 spiro atoms. The fourth-order valence-electron chi connectivity index (χ4n) is 1.93. The number of benzene rings is 2. The van der Waals surface area contributed by atoms with E-state index in [4.69, 9.17) is 4.63 Å². The zero-order valence-corrected chi connectivity index (χ0v) is 10.8. The third-order valence-corrected chi connectivity index (χ3v) is 2.78. The van der Waals surface area contributed by atoms with Crippen molar-refractivity contribution < 1.29 is 9.42 Å². The van der Waals surface area contributed by atoms with E-state index in [0.717, 1.165) is 11.4 Å². The van der Waals surface area contributed by atoms with Crippen molar-refractivity contribution in [2.24, 2.45) is 0 Å². The topological polar surface area (TPSA) is 80.0 Å². The van der Waals surface area contributed by atoms with E-state index in [9.17, 15) is 4.79 Å². The summed E-state index contributed by atoms with van der Waals surface area (Å²) in [4.78, 5) is 11.1. The van der Waals surface area contributed by atoms with Gasteiger partial charge in [-0.1, -0.05) is 18.2 Å². The van der Waals surface area contributed by atoms with E-state index in [0.29, 0.717) is 16.7 Å². The molecule has 6 nitrogen and oxygen atoms in total. The minimum Gasteiger partial charge on any atom is -0.354 e. The second-order valence-corrected chi connectivity index (χ2v) is 4.29. The van der Waals surface area contributed by atoms with E-state index in [1.807, 2.05) is 36.4 Å². The second-order valence-electron chi connectivity index (χ2n) is 4.29. The number of fused-ring (bicyclic) bond motifs is 1. The maximum atomic E-state index is 11.1. The third kappa shape index (κ3) is 2.31. The van der Waals surface area contributed by atoms with Crippen LogP contribution in [0.1, 0.15) is 6.92 Å². The molecule has 100 valence electrons. The Hall–Kier alpha value is -2.89. The molecule has 0 radical (unpaired) electrons. The van der Waals surface area contributed by atoms with E-state index >= 15 is 0 Å². The SMILES string of the molecule is CC(=O)Nc1ccc(Nc2ccccc2)c2nonc12. The van der Waals surface area contributed by atoms with Crippen LogP contribution < -0.4 is 10.6 Å². The Balaban J connectivity index is 2.01. The molecule has 6 heteroatoms. The highest BCUT2D eigenvalue weighted by Gasteiger charge is 2.12. The van der Waals surface area contributed by atoms with Gasteiger partial charge >= 0.3 is 0 Å². The number of nitrogens with zero attached hydrogens (tertiary/aromatic N) is 2. The lowest BCUT2D eigenvalue weighted by atomic mass is 10.2. The van der Waals surface area contributed by atoms with Crippen molar-refractivity contribution in [3.8, 4) is 0 Å². The molecule has 0 saturated heterocycles. The number of hydrogen-bond acceptors (Lipinski definition) is 5. The summed E-state index contributed by atoms with van der Waals surface area (Å²) in [5, 5.41) is 13.7. The summed E-state index contributed by atoms with van der Waals surface area (Å²) < 4.78 is 4.77. The molecule has 2 N–H and O–H groups in total. The third-order valence-electron chi connectivity index (χ3n) is 2.78. The lowest BCUT2D eigenvalue weighted by Crippen LogP contribution is -2.06. The van der Waals surface area contributed by atoms with Crippen LogP contribution in [-0.4, -0.2) is 16.2 Å². The number of carbonyl (C=O) groups is 1. The molecule has 0 atom stereocenters. The number of rotatable bonds is 3. The molecule has 0 saturated carbocycles. The maximum absolute atomic E-state index is 11.1. The molecule has 1 amide bonds. The number of hydrogen-bond donors (Lipinski definition) is 2. The van der Waals surface area contributed by atoms with Gasteiger partial charge in [0.05, 0.1) is 11.4 Å². The van der Waals surface area contributed by atoms with Crippen LogP contribution in [0.25, 0.3) is 11.0 Å². The molecular formula is C14H12N4O2. The van der Waals surface area contributed by atoms with Crippen LogP contribution in [0.3, 0.4) is 0 Å². The zero-order chi connectivity index (χ0) is 13.9. The standard InChI is InChI=1S/C14H12N4O2/c1-9(19)15-11-7-8-12(14-13(11)17-20-18-14)16-10-5-3-2-4-6-10/h2-8,16H,1H3,(H,15,19). The average Bonchev–Trinajstić information content (AvgIpc) is 2.92. The first-order valence-electron chi connectivity index (χ1n) is 6.09. The first kappa shape index (κ1) is 12.2. The molecule has 0 fully saturated rings. The van der Waals surface area contributed by atoms with E-state index < -0.39 is 0 Å². The van der Waals surface area contributed by atoms with E-state index in [1.54, 1.807) is 6.07 Å². The smallest absolute Gasteiger partial charge is 0.221 e. The molecule has 1 heterocycles. The van der Waals surface area contributed by atoms with Gasteiger partial charge in [0.2, 0.25) is 5.91 Å². The number of nitrogens with one attached hydrogen (secondary N) is 2. The molecule has 2 aromatic carbocycles. The van der Waals surface area contributed by atoms with Crippen molar-refractivity contribution in [3.63, 3.8) is 0 Å². The van der Waals surface area contributed by atoms with Gasteiger partial charge in [-0.15, -0.1) is 0 Å². The monoisotopic (exact) mass is 268 g/mol. The highest BCUT2D eigenvalue weighted by atomic mass is 16.6. The van der Waals surface area contributed by atoms with Gasteiger partial charge in [0, 0.05) is 12.6 Å². The average molecular weight is 268 g/mol. The highest BCUT2D eigenvalue weighted by Crippen LogP contribution is 2.29. The van der Waals surface area contributed by atoms with Crippen LogP contribution in [0.2, 0.25) is 0 Å². The highest BCUT2D eigenvalue weighted by molar-refractivity contribution is 6.02. The van der Waals surface area contributed by atoms with E-state index in [1.165, 1.54) is 6.92 Å². The van der Waals surface area contributed by atoms with Crippen molar-refractivity contribution in [2.75, 3.05) is 10.6 Å².